The van der Waals surface area contributed by atoms with Crippen molar-refractivity contribution in [2.45, 2.75) is 26.3 Å². The molecule has 1 N–H and O–H groups in total. The molecule has 0 radical (unpaired) electrons. The van der Waals surface area contributed by atoms with Gasteiger partial charge in [-0.2, -0.15) is 0 Å². The van der Waals surface area contributed by atoms with Gasteiger partial charge in [0, 0.05) is 13.1 Å². The Morgan fingerprint density at radius 1 is 1.18 bits per heavy atom. The molecule has 5 nitrogen and oxygen atoms in total. The first kappa shape index (κ1) is 18.4. The molecule has 2 heterocycles. The highest BCUT2D eigenvalue weighted by molar-refractivity contribution is 5.77. The Kier molecular flexibility index (Phi) is 5.26. The monoisotopic (exact) mass is 375 g/mol. The molecule has 144 valence electrons. The molecule has 0 aliphatic carbocycles. The highest BCUT2D eigenvalue weighted by atomic mass is 16.5. The van der Waals surface area contributed by atoms with Crippen molar-refractivity contribution < 1.29 is 4.74 Å². The fourth-order valence-electron chi connectivity index (χ4n) is 3.71. The maximum absolute atomic E-state index is 12.4. The van der Waals surface area contributed by atoms with E-state index in [1.807, 2.05) is 43.3 Å². The van der Waals surface area contributed by atoms with E-state index in [2.05, 4.69) is 40.0 Å². The van der Waals surface area contributed by atoms with Gasteiger partial charge in [0.05, 0.1) is 23.6 Å². The summed E-state index contributed by atoms with van der Waals surface area (Å²) in [5.41, 5.74) is 3.27. The molecule has 1 atom stereocenters. The van der Waals surface area contributed by atoms with Crippen LogP contribution < -0.4 is 10.3 Å². The molecule has 1 aromatic heterocycles. The number of nitrogens with one attached hydrogen (secondary N) is 1. The molecule has 0 amide bonds. The molecule has 0 saturated carbocycles. The Hall–Kier alpha value is -2.92. The lowest BCUT2D eigenvalue weighted by molar-refractivity contribution is 0.225. The van der Waals surface area contributed by atoms with E-state index in [0.717, 1.165) is 36.6 Å². The van der Waals surface area contributed by atoms with Crippen LogP contribution in [0.4, 0.5) is 0 Å². The number of aromatic amines is 1. The van der Waals surface area contributed by atoms with E-state index in [-0.39, 0.29) is 11.6 Å². The van der Waals surface area contributed by atoms with Gasteiger partial charge in [-0.15, -0.1) is 0 Å². The summed E-state index contributed by atoms with van der Waals surface area (Å²) in [4.78, 5) is 22.3. The van der Waals surface area contributed by atoms with Gasteiger partial charge in [-0.25, -0.2) is 4.98 Å². The van der Waals surface area contributed by atoms with Gasteiger partial charge < -0.3 is 9.72 Å². The highest BCUT2D eigenvalue weighted by Gasteiger charge is 2.21. The van der Waals surface area contributed by atoms with Crippen LogP contribution in [0.25, 0.3) is 16.5 Å². The quantitative estimate of drug-likeness (QED) is 0.727. The minimum Gasteiger partial charge on any atom is -0.494 e. The summed E-state index contributed by atoms with van der Waals surface area (Å²) in [7, 11) is 0. The first-order valence-corrected chi connectivity index (χ1v) is 9.81. The summed E-state index contributed by atoms with van der Waals surface area (Å²) in [6, 6.07) is 15.8. The third-order valence-electron chi connectivity index (χ3n) is 5.35. The Morgan fingerprint density at radius 3 is 2.68 bits per heavy atom. The molecule has 5 heteroatoms. The lowest BCUT2D eigenvalue weighted by Gasteiger charge is -2.31. The van der Waals surface area contributed by atoms with Crippen LogP contribution >= 0.6 is 0 Å². The van der Waals surface area contributed by atoms with Crippen LogP contribution in [0, 0.1) is 0 Å². The predicted octanol–water partition coefficient (Wildman–Crippen LogP) is 4.17. The van der Waals surface area contributed by atoms with Crippen LogP contribution in [0.3, 0.4) is 0 Å². The molecule has 0 fully saturated rings. The van der Waals surface area contributed by atoms with Crippen LogP contribution in [0.1, 0.15) is 37.7 Å². The van der Waals surface area contributed by atoms with E-state index in [4.69, 9.17) is 4.74 Å². The summed E-state index contributed by atoms with van der Waals surface area (Å²) in [6.45, 7) is 6.53. The molecule has 3 aromatic rings. The number of hydrogen-bond donors (Lipinski definition) is 1. The minimum absolute atomic E-state index is 0.0513. The normalized spacial score (nSPS) is 16.0. The zero-order chi connectivity index (χ0) is 19.5. The Balaban J connectivity index is 1.50. The third-order valence-corrected chi connectivity index (χ3v) is 5.35. The number of fused-ring (bicyclic) bond motifs is 1. The lowest BCUT2D eigenvalue weighted by Crippen LogP contribution is -2.33. The maximum Gasteiger partial charge on any atom is 0.258 e. The molecule has 0 saturated heterocycles. The van der Waals surface area contributed by atoms with Crippen LogP contribution in [0.2, 0.25) is 0 Å². The van der Waals surface area contributed by atoms with Gasteiger partial charge in [-0.3, -0.25) is 9.69 Å². The van der Waals surface area contributed by atoms with E-state index >= 15 is 0 Å². The first-order valence-electron chi connectivity index (χ1n) is 9.81. The highest BCUT2D eigenvalue weighted by Crippen LogP contribution is 2.28. The van der Waals surface area contributed by atoms with Crippen molar-refractivity contribution in [2.75, 3.05) is 19.7 Å². The van der Waals surface area contributed by atoms with E-state index in [1.165, 1.54) is 11.1 Å². The topological polar surface area (TPSA) is 58.2 Å². The molecule has 1 aliphatic heterocycles. The van der Waals surface area contributed by atoms with Gasteiger partial charge in [0.1, 0.15) is 11.6 Å². The van der Waals surface area contributed by atoms with Gasteiger partial charge in [0.25, 0.3) is 5.56 Å². The number of ether oxygens (including phenoxy) is 1. The largest absolute Gasteiger partial charge is 0.494 e. The van der Waals surface area contributed by atoms with E-state index < -0.39 is 0 Å². The van der Waals surface area contributed by atoms with Crippen molar-refractivity contribution in [1.82, 2.24) is 14.9 Å². The van der Waals surface area contributed by atoms with Gasteiger partial charge in [-0.05, 0) is 55.7 Å². The van der Waals surface area contributed by atoms with E-state index in [1.54, 1.807) is 0 Å². The van der Waals surface area contributed by atoms with Crippen molar-refractivity contribution in [1.29, 1.82) is 0 Å². The minimum atomic E-state index is -0.0740. The average Bonchev–Trinajstić information content (AvgIpc) is 2.74. The number of nitrogens with zero attached hydrogens (tertiary/aromatic N) is 2. The first-order chi connectivity index (χ1) is 13.7. The zero-order valence-electron chi connectivity index (χ0n) is 16.3. The molecule has 1 unspecified atom stereocenters. The summed E-state index contributed by atoms with van der Waals surface area (Å²) in [6.07, 6.45) is 3.24. The van der Waals surface area contributed by atoms with Gasteiger partial charge >= 0.3 is 0 Å². The number of para-hydroxylation sites is 1. The molecule has 1 aliphatic rings. The zero-order valence-corrected chi connectivity index (χ0v) is 16.3. The molecule has 0 bridgehead atoms. The fourth-order valence-corrected chi connectivity index (χ4v) is 3.71. The lowest BCUT2D eigenvalue weighted by atomic mass is 9.98. The summed E-state index contributed by atoms with van der Waals surface area (Å²) in [5.74, 6) is 1.63. The smallest absolute Gasteiger partial charge is 0.258 e. The predicted molar refractivity (Wildman–Crippen MR) is 113 cm³/mol. The fraction of sp³-hybridized carbons (Fsp3) is 0.304. The van der Waals surface area contributed by atoms with Crippen LogP contribution in [0.15, 0.2) is 59.4 Å². The summed E-state index contributed by atoms with van der Waals surface area (Å²) < 4.78 is 5.52. The maximum atomic E-state index is 12.4. The summed E-state index contributed by atoms with van der Waals surface area (Å²) in [5, 5.41) is 0.634. The molecule has 28 heavy (non-hydrogen) atoms. The Morgan fingerprint density at radius 2 is 1.96 bits per heavy atom. The number of aromatic nitrogens is 2. The number of benzene rings is 2. The SMILES string of the molecule is CCOc1ccc(C2=CCN(C(C)c3nc4ccccc4c(=O)[nH]3)CC2)cc1. The van der Waals surface area contributed by atoms with Crippen molar-refractivity contribution in [3.63, 3.8) is 0 Å². The van der Waals surface area contributed by atoms with Crippen LogP contribution in [-0.4, -0.2) is 34.6 Å². The Labute approximate surface area is 164 Å². The molecular weight excluding hydrogens is 350 g/mol. The van der Waals surface area contributed by atoms with E-state index in [0.29, 0.717) is 12.0 Å². The van der Waals surface area contributed by atoms with Crippen LogP contribution in [-0.2, 0) is 0 Å². The van der Waals surface area contributed by atoms with Crippen LogP contribution in [0.5, 0.6) is 5.75 Å². The van der Waals surface area contributed by atoms with Crippen molar-refractivity contribution >= 4 is 16.5 Å². The summed E-state index contributed by atoms with van der Waals surface area (Å²) >= 11 is 0. The molecule has 4 rings (SSSR count). The van der Waals surface area contributed by atoms with Crippen molar-refractivity contribution in [2.24, 2.45) is 0 Å². The standard InChI is InChI=1S/C23H25N3O2/c1-3-28-19-10-8-17(9-11-19)18-12-14-26(15-13-18)16(2)22-24-21-7-5-4-6-20(21)23(27)25-22/h4-12,16H,3,13-15H2,1-2H3,(H,24,25,27). The number of H-pyrrole nitrogens is 1. The molecular formula is C23H25N3O2. The molecule has 0 spiro atoms. The molecule has 2 aromatic carbocycles. The second-order valence-electron chi connectivity index (χ2n) is 7.08. The van der Waals surface area contributed by atoms with Gasteiger partial charge in [0.2, 0.25) is 0 Å². The number of hydrogen-bond acceptors (Lipinski definition) is 4. The average molecular weight is 375 g/mol. The second kappa shape index (κ2) is 7.98. The van der Waals surface area contributed by atoms with E-state index in [9.17, 15) is 4.79 Å². The van der Waals surface area contributed by atoms with Crippen molar-refractivity contribution in [3.05, 3.63) is 76.3 Å². The third kappa shape index (κ3) is 3.71. The second-order valence-corrected chi connectivity index (χ2v) is 7.08. The van der Waals surface area contributed by atoms with Gasteiger partial charge in [0.15, 0.2) is 0 Å². The van der Waals surface area contributed by atoms with Crippen molar-refractivity contribution in [3.8, 4) is 5.75 Å². The Bertz CT molecular complexity index is 1050. The van der Waals surface area contributed by atoms with Gasteiger partial charge in [-0.1, -0.05) is 30.3 Å². The number of rotatable bonds is 5.